The molecule has 2 aliphatic carbocycles. The highest BCUT2D eigenvalue weighted by Crippen LogP contribution is 2.27. The highest BCUT2D eigenvalue weighted by atomic mass is 15.1. The SMILES string of the molecule is CN(CC1CCCC1)CC1CCC(N)CC1. The van der Waals surface area contributed by atoms with Crippen molar-refractivity contribution in [2.45, 2.75) is 57.4 Å². The molecule has 2 aliphatic rings. The molecule has 0 atom stereocenters. The molecule has 0 saturated heterocycles. The summed E-state index contributed by atoms with van der Waals surface area (Å²) in [5, 5.41) is 0. The monoisotopic (exact) mass is 224 g/mol. The van der Waals surface area contributed by atoms with Crippen molar-refractivity contribution in [1.29, 1.82) is 0 Å². The van der Waals surface area contributed by atoms with E-state index in [1.54, 1.807) is 0 Å². The molecule has 0 aromatic carbocycles. The molecule has 0 aromatic heterocycles. The maximum Gasteiger partial charge on any atom is 0.00390 e. The Labute approximate surface area is 101 Å². The van der Waals surface area contributed by atoms with Crippen molar-refractivity contribution in [3.63, 3.8) is 0 Å². The average molecular weight is 224 g/mol. The Balaban J connectivity index is 1.64. The number of hydrogen-bond donors (Lipinski definition) is 1. The first kappa shape index (κ1) is 12.4. The van der Waals surface area contributed by atoms with Gasteiger partial charge in [-0.2, -0.15) is 0 Å². The second-order valence-corrected chi connectivity index (χ2v) is 6.15. The van der Waals surface area contributed by atoms with Gasteiger partial charge in [0.05, 0.1) is 0 Å². The first-order valence-electron chi connectivity index (χ1n) is 7.18. The third kappa shape index (κ3) is 3.74. The fourth-order valence-electron chi connectivity index (χ4n) is 3.52. The highest BCUT2D eigenvalue weighted by molar-refractivity contribution is 4.77. The molecule has 2 N–H and O–H groups in total. The fraction of sp³-hybridized carbons (Fsp3) is 1.00. The molecule has 0 amide bonds. The van der Waals surface area contributed by atoms with Crippen LogP contribution in [-0.4, -0.2) is 31.1 Å². The van der Waals surface area contributed by atoms with Crippen LogP contribution in [-0.2, 0) is 0 Å². The molecule has 94 valence electrons. The zero-order valence-electron chi connectivity index (χ0n) is 10.8. The molecule has 2 nitrogen and oxygen atoms in total. The Kier molecular flexibility index (Phi) is 4.66. The summed E-state index contributed by atoms with van der Waals surface area (Å²) in [7, 11) is 2.31. The third-order valence-corrected chi connectivity index (χ3v) is 4.51. The zero-order chi connectivity index (χ0) is 11.4. The second kappa shape index (κ2) is 6.02. The van der Waals surface area contributed by atoms with Gasteiger partial charge in [-0.3, -0.25) is 0 Å². The lowest BCUT2D eigenvalue weighted by Crippen LogP contribution is -2.34. The van der Waals surface area contributed by atoms with Crippen molar-refractivity contribution < 1.29 is 0 Å². The van der Waals surface area contributed by atoms with Crippen molar-refractivity contribution in [2.24, 2.45) is 17.6 Å². The lowest BCUT2D eigenvalue weighted by Gasteiger charge is -2.30. The minimum Gasteiger partial charge on any atom is -0.328 e. The molecule has 2 heteroatoms. The van der Waals surface area contributed by atoms with Gasteiger partial charge >= 0.3 is 0 Å². The molecule has 0 radical (unpaired) electrons. The number of rotatable bonds is 4. The molecule has 2 fully saturated rings. The average Bonchev–Trinajstić information content (AvgIpc) is 2.74. The molecule has 0 heterocycles. The van der Waals surface area contributed by atoms with Crippen LogP contribution in [0, 0.1) is 11.8 Å². The molecule has 0 unspecified atom stereocenters. The van der Waals surface area contributed by atoms with Gasteiger partial charge in [0.2, 0.25) is 0 Å². The van der Waals surface area contributed by atoms with Crippen LogP contribution in [0.25, 0.3) is 0 Å². The predicted molar refractivity (Wildman–Crippen MR) is 69.4 cm³/mol. The smallest absolute Gasteiger partial charge is 0.00390 e. The molecule has 0 bridgehead atoms. The molecule has 0 aliphatic heterocycles. The Morgan fingerprint density at radius 1 is 0.875 bits per heavy atom. The van der Waals surface area contributed by atoms with Crippen LogP contribution in [0.15, 0.2) is 0 Å². The summed E-state index contributed by atoms with van der Waals surface area (Å²) < 4.78 is 0. The second-order valence-electron chi connectivity index (χ2n) is 6.15. The van der Waals surface area contributed by atoms with Crippen LogP contribution in [0.1, 0.15) is 51.4 Å². The predicted octanol–water partition coefficient (Wildman–Crippen LogP) is 2.63. The van der Waals surface area contributed by atoms with E-state index in [1.807, 2.05) is 0 Å². The maximum atomic E-state index is 5.95. The van der Waals surface area contributed by atoms with Gasteiger partial charge in [-0.15, -0.1) is 0 Å². The van der Waals surface area contributed by atoms with E-state index >= 15 is 0 Å². The van der Waals surface area contributed by atoms with Gasteiger partial charge in [0, 0.05) is 19.1 Å². The topological polar surface area (TPSA) is 29.3 Å². The summed E-state index contributed by atoms with van der Waals surface area (Å²) in [6, 6.07) is 0.497. The van der Waals surface area contributed by atoms with Crippen molar-refractivity contribution in [3.05, 3.63) is 0 Å². The van der Waals surface area contributed by atoms with Crippen LogP contribution in [0.5, 0.6) is 0 Å². The number of nitrogens with zero attached hydrogens (tertiary/aromatic N) is 1. The molecule has 0 aromatic rings. The lowest BCUT2D eigenvalue weighted by molar-refractivity contribution is 0.202. The minimum absolute atomic E-state index is 0.497. The van der Waals surface area contributed by atoms with Gasteiger partial charge in [-0.1, -0.05) is 12.8 Å². The molecule has 2 rings (SSSR count). The largest absolute Gasteiger partial charge is 0.328 e. The van der Waals surface area contributed by atoms with E-state index in [0.29, 0.717) is 6.04 Å². The Hall–Kier alpha value is -0.0800. The normalized spacial score (nSPS) is 32.4. The van der Waals surface area contributed by atoms with Crippen LogP contribution in [0.4, 0.5) is 0 Å². The molecule has 0 spiro atoms. The van der Waals surface area contributed by atoms with E-state index in [1.165, 1.54) is 64.5 Å². The zero-order valence-corrected chi connectivity index (χ0v) is 10.8. The van der Waals surface area contributed by atoms with Crippen molar-refractivity contribution in [2.75, 3.05) is 20.1 Å². The Morgan fingerprint density at radius 2 is 1.38 bits per heavy atom. The molecular weight excluding hydrogens is 196 g/mol. The van der Waals surface area contributed by atoms with Gasteiger partial charge in [0.1, 0.15) is 0 Å². The lowest BCUT2D eigenvalue weighted by atomic mass is 9.86. The van der Waals surface area contributed by atoms with Crippen LogP contribution in [0.2, 0.25) is 0 Å². The van der Waals surface area contributed by atoms with E-state index in [9.17, 15) is 0 Å². The van der Waals surface area contributed by atoms with Crippen LogP contribution < -0.4 is 5.73 Å². The number of nitrogens with two attached hydrogens (primary N) is 1. The van der Waals surface area contributed by atoms with Crippen molar-refractivity contribution in [3.8, 4) is 0 Å². The minimum atomic E-state index is 0.497. The third-order valence-electron chi connectivity index (χ3n) is 4.51. The molecular formula is C14H28N2. The van der Waals surface area contributed by atoms with E-state index in [4.69, 9.17) is 5.73 Å². The van der Waals surface area contributed by atoms with Gasteiger partial charge in [0.25, 0.3) is 0 Å². The van der Waals surface area contributed by atoms with Gasteiger partial charge < -0.3 is 10.6 Å². The first-order chi connectivity index (χ1) is 7.74. The van der Waals surface area contributed by atoms with E-state index in [0.717, 1.165) is 11.8 Å². The standard InChI is InChI=1S/C14H28N2/c1-16(10-12-4-2-3-5-12)11-13-6-8-14(15)9-7-13/h12-14H,2-11,15H2,1H3. The summed E-state index contributed by atoms with van der Waals surface area (Å²) in [5.74, 6) is 1.92. The van der Waals surface area contributed by atoms with E-state index in [2.05, 4.69) is 11.9 Å². The summed E-state index contributed by atoms with van der Waals surface area (Å²) >= 11 is 0. The summed E-state index contributed by atoms with van der Waals surface area (Å²) in [6.07, 6.45) is 11.1. The van der Waals surface area contributed by atoms with Crippen LogP contribution >= 0.6 is 0 Å². The summed E-state index contributed by atoms with van der Waals surface area (Å²) in [4.78, 5) is 2.58. The maximum absolute atomic E-state index is 5.95. The van der Waals surface area contributed by atoms with Crippen molar-refractivity contribution in [1.82, 2.24) is 4.90 Å². The molecule has 2 saturated carbocycles. The van der Waals surface area contributed by atoms with E-state index in [-0.39, 0.29) is 0 Å². The number of hydrogen-bond acceptors (Lipinski definition) is 2. The Morgan fingerprint density at radius 3 is 1.94 bits per heavy atom. The van der Waals surface area contributed by atoms with E-state index < -0.39 is 0 Å². The quantitative estimate of drug-likeness (QED) is 0.795. The molecule has 16 heavy (non-hydrogen) atoms. The van der Waals surface area contributed by atoms with Gasteiger partial charge in [-0.25, -0.2) is 0 Å². The Bertz CT molecular complexity index is 191. The highest BCUT2D eigenvalue weighted by Gasteiger charge is 2.22. The first-order valence-corrected chi connectivity index (χ1v) is 7.18. The fourth-order valence-corrected chi connectivity index (χ4v) is 3.52. The summed E-state index contributed by atoms with van der Waals surface area (Å²) in [6.45, 7) is 2.64. The van der Waals surface area contributed by atoms with Crippen LogP contribution in [0.3, 0.4) is 0 Å². The van der Waals surface area contributed by atoms with Gasteiger partial charge in [-0.05, 0) is 57.4 Å². The van der Waals surface area contributed by atoms with Crippen molar-refractivity contribution >= 4 is 0 Å². The summed E-state index contributed by atoms with van der Waals surface area (Å²) in [5.41, 5.74) is 5.95. The van der Waals surface area contributed by atoms with Gasteiger partial charge in [0.15, 0.2) is 0 Å².